The van der Waals surface area contributed by atoms with Crippen LogP contribution in [-0.2, 0) is 9.59 Å². The number of ether oxygens (including phenoxy) is 2. The molecule has 0 atom stereocenters. The number of hydrogen-bond acceptors (Lipinski definition) is 7. The Morgan fingerprint density at radius 1 is 1.03 bits per heavy atom. The lowest BCUT2D eigenvalue weighted by Gasteiger charge is -2.36. The van der Waals surface area contributed by atoms with Gasteiger partial charge in [-0.2, -0.15) is 0 Å². The largest absolute Gasteiger partial charge is 0.493 e. The Labute approximate surface area is 203 Å². The van der Waals surface area contributed by atoms with Gasteiger partial charge in [-0.25, -0.2) is 0 Å². The van der Waals surface area contributed by atoms with E-state index in [0.717, 1.165) is 22.3 Å². The van der Waals surface area contributed by atoms with Gasteiger partial charge in [-0.15, -0.1) is 0 Å². The first-order valence-electron chi connectivity index (χ1n) is 11.1. The van der Waals surface area contributed by atoms with Crippen molar-refractivity contribution in [2.75, 3.05) is 51.3 Å². The van der Waals surface area contributed by atoms with Crippen LogP contribution in [0.5, 0.6) is 11.5 Å². The molecule has 0 aliphatic carbocycles. The maximum absolute atomic E-state index is 12.9. The van der Waals surface area contributed by atoms with Gasteiger partial charge in [0, 0.05) is 31.9 Å². The molecule has 9 heteroatoms. The zero-order chi connectivity index (χ0) is 24.1. The highest BCUT2D eigenvalue weighted by Crippen LogP contribution is 2.34. The van der Waals surface area contributed by atoms with Gasteiger partial charge in [0.15, 0.2) is 11.5 Å². The predicted molar refractivity (Wildman–Crippen MR) is 132 cm³/mol. The fraction of sp³-hybridized carbons (Fsp3) is 0.320. The van der Waals surface area contributed by atoms with Crippen LogP contribution in [0.1, 0.15) is 12.5 Å². The molecule has 2 fully saturated rings. The molecule has 8 nitrogen and oxygen atoms in total. The quantitative estimate of drug-likeness (QED) is 0.560. The van der Waals surface area contributed by atoms with Crippen molar-refractivity contribution >= 4 is 40.6 Å². The highest BCUT2D eigenvalue weighted by molar-refractivity contribution is 8.18. The molecule has 2 aromatic rings. The highest BCUT2D eigenvalue weighted by Gasteiger charge is 2.37. The van der Waals surface area contributed by atoms with E-state index in [9.17, 15) is 14.4 Å². The number of methoxy groups -OCH3 is 1. The van der Waals surface area contributed by atoms with Gasteiger partial charge in [0.25, 0.3) is 11.1 Å². The lowest BCUT2D eigenvalue weighted by molar-refractivity contribution is -0.136. The van der Waals surface area contributed by atoms with E-state index in [1.54, 1.807) is 36.3 Å². The van der Waals surface area contributed by atoms with E-state index in [4.69, 9.17) is 9.47 Å². The summed E-state index contributed by atoms with van der Waals surface area (Å²) in [5, 5.41) is -0.439. The van der Waals surface area contributed by atoms with E-state index in [0.29, 0.717) is 49.8 Å². The van der Waals surface area contributed by atoms with E-state index in [2.05, 4.69) is 4.90 Å². The lowest BCUT2D eigenvalue weighted by Crippen LogP contribution is -2.51. The van der Waals surface area contributed by atoms with Gasteiger partial charge in [-0.3, -0.25) is 19.3 Å². The van der Waals surface area contributed by atoms with Crippen molar-refractivity contribution in [2.24, 2.45) is 0 Å². The first kappa shape index (κ1) is 23.7. The van der Waals surface area contributed by atoms with E-state index < -0.39 is 11.1 Å². The summed E-state index contributed by atoms with van der Waals surface area (Å²) >= 11 is 0.838. The van der Waals surface area contributed by atoms with Crippen molar-refractivity contribution in [1.82, 2.24) is 9.80 Å². The lowest BCUT2D eigenvalue weighted by atomic mass is 10.2. The second kappa shape index (κ2) is 10.6. The first-order valence-corrected chi connectivity index (χ1v) is 12.0. The average Bonchev–Trinajstić information content (AvgIpc) is 3.12. The Bertz CT molecular complexity index is 1100. The molecule has 0 aromatic heterocycles. The zero-order valence-corrected chi connectivity index (χ0v) is 20.0. The zero-order valence-electron chi connectivity index (χ0n) is 19.2. The molecule has 0 bridgehead atoms. The molecule has 0 spiro atoms. The summed E-state index contributed by atoms with van der Waals surface area (Å²) in [6.07, 6.45) is 1.63. The maximum atomic E-state index is 12.9. The number of imide groups is 1. The summed E-state index contributed by atoms with van der Waals surface area (Å²) in [6.45, 7) is 4.64. The van der Waals surface area contributed by atoms with E-state index in [1.165, 1.54) is 0 Å². The summed E-state index contributed by atoms with van der Waals surface area (Å²) < 4.78 is 10.9. The Hall–Kier alpha value is -3.46. The summed E-state index contributed by atoms with van der Waals surface area (Å²) in [5.74, 6) is 0.464. The molecule has 0 unspecified atom stereocenters. The highest BCUT2D eigenvalue weighted by atomic mass is 32.2. The molecular weight excluding hydrogens is 454 g/mol. The molecule has 3 amide bonds. The molecule has 4 rings (SSSR count). The van der Waals surface area contributed by atoms with Gasteiger partial charge < -0.3 is 19.3 Å². The van der Waals surface area contributed by atoms with Gasteiger partial charge >= 0.3 is 0 Å². The molecule has 0 saturated carbocycles. The van der Waals surface area contributed by atoms with Gasteiger partial charge in [-0.05, 0) is 54.6 Å². The van der Waals surface area contributed by atoms with Crippen LogP contribution in [0.4, 0.5) is 10.5 Å². The minimum Gasteiger partial charge on any atom is -0.493 e. The monoisotopic (exact) mass is 481 g/mol. The van der Waals surface area contributed by atoms with Crippen LogP contribution < -0.4 is 14.4 Å². The third kappa shape index (κ3) is 5.20. The van der Waals surface area contributed by atoms with Crippen molar-refractivity contribution in [3.63, 3.8) is 0 Å². The molecule has 178 valence electrons. The number of benzene rings is 2. The number of anilines is 1. The summed E-state index contributed by atoms with van der Waals surface area (Å²) in [6, 6.07) is 15.3. The Balaban J connectivity index is 1.38. The molecule has 34 heavy (non-hydrogen) atoms. The second-order valence-corrected chi connectivity index (χ2v) is 8.81. The van der Waals surface area contributed by atoms with Crippen molar-refractivity contribution < 1.29 is 23.9 Å². The first-order chi connectivity index (χ1) is 16.5. The molecule has 2 saturated heterocycles. The smallest absolute Gasteiger partial charge is 0.294 e. The van der Waals surface area contributed by atoms with Crippen molar-refractivity contribution in [3.05, 3.63) is 59.0 Å². The third-order valence-corrected chi connectivity index (χ3v) is 6.61. The number of hydrogen-bond donors (Lipinski definition) is 0. The average molecular weight is 482 g/mol. The van der Waals surface area contributed by atoms with E-state index in [1.807, 2.05) is 37.3 Å². The number of thioether (sulfide) groups is 1. The Morgan fingerprint density at radius 3 is 2.44 bits per heavy atom. The fourth-order valence-corrected chi connectivity index (χ4v) is 4.76. The molecule has 2 aromatic carbocycles. The van der Waals surface area contributed by atoms with Crippen LogP contribution in [0.15, 0.2) is 53.4 Å². The number of rotatable bonds is 7. The van der Waals surface area contributed by atoms with Crippen LogP contribution in [0.25, 0.3) is 6.08 Å². The van der Waals surface area contributed by atoms with E-state index in [-0.39, 0.29) is 17.4 Å². The number of piperazine rings is 1. The minimum absolute atomic E-state index is 0.223. The molecule has 2 aliphatic heterocycles. The van der Waals surface area contributed by atoms with Crippen LogP contribution in [0, 0.1) is 0 Å². The summed E-state index contributed by atoms with van der Waals surface area (Å²) in [4.78, 5) is 43.5. The number of amides is 3. The Morgan fingerprint density at radius 2 is 1.76 bits per heavy atom. The van der Waals surface area contributed by atoms with Crippen LogP contribution in [0.2, 0.25) is 0 Å². The molecule has 2 heterocycles. The number of carbonyl (C=O) groups excluding carboxylic acids is 3. The van der Waals surface area contributed by atoms with Crippen LogP contribution in [0.3, 0.4) is 0 Å². The third-order valence-electron chi connectivity index (χ3n) is 5.71. The normalized spacial score (nSPS) is 17.5. The predicted octanol–water partition coefficient (Wildman–Crippen LogP) is 3.48. The van der Waals surface area contributed by atoms with Gasteiger partial charge in [0.1, 0.15) is 6.54 Å². The molecule has 0 radical (unpaired) electrons. The fourth-order valence-electron chi connectivity index (χ4n) is 3.92. The topological polar surface area (TPSA) is 79.4 Å². The summed E-state index contributed by atoms with van der Waals surface area (Å²) in [5.41, 5.74) is 1.82. The number of para-hydroxylation sites is 1. The standard InChI is InChI=1S/C25H27N3O5S/c1-3-33-20-10-9-18(15-21(20)32-2)16-22-24(30)28(25(31)34-22)17-23(29)27-13-11-26(12-14-27)19-7-5-4-6-8-19/h4-10,15-16H,3,11-14,17H2,1-2H3. The SMILES string of the molecule is CCOc1ccc(C=C2SC(=O)N(CC(=O)N3CCN(c4ccccc4)CC3)C2=O)cc1OC. The number of carbonyl (C=O) groups is 3. The van der Waals surface area contributed by atoms with Gasteiger partial charge in [-0.1, -0.05) is 24.3 Å². The molecule has 2 aliphatic rings. The maximum Gasteiger partial charge on any atom is 0.294 e. The van der Waals surface area contributed by atoms with Crippen LogP contribution in [-0.4, -0.2) is 73.3 Å². The summed E-state index contributed by atoms with van der Waals surface area (Å²) in [7, 11) is 1.54. The number of nitrogens with zero attached hydrogens (tertiary/aromatic N) is 3. The van der Waals surface area contributed by atoms with Crippen molar-refractivity contribution in [2.45, 2.75) is 6.92 Å². The van der Waals surface area contributed by atoms with Crippen molar-refractivity contribution in [1.29, 1.82) is 0 Å². The van der Waals surface area contributed by atoms with E-state index >= 15 is 0 Å². The Kier molecular flexibility index (Phi) is 7.42. The second-order valence-electron chi connectivity index (χ2n) is 7.81. The van der Waals surface area contributed by atoms with Gasteiger partial charge in [0.05, 0.1) is 18.6 Å². The van der Waals surface area contributed by atoms with Gasteiger partial charge in [0.2, 0.25) is 5.91 Å². The molecule has 0 N–H and O–H groups in total. The molecular formula is C25H27N3O5S. The van der Waals surface area contributed by atoms with Crippen molar-refractivity contribution in [3.8, 4) is 11.5 Å². The van der Waals surface area contributed by atoms with Crippen LogP contribution >= 0.6 is 11.8 Å². The minimum atomic E-state index is -0.459.